The van der Waals surface area contributed by atoms with E-state index < -0.39 is 0 Å². The first-order chi connectivity index (χ1) is 13.6. The second-order valence-corrected chi connectivity index (χ2v) is 6.50. The third kappa shape index (κ3) is 4.60. The maximum absolute atomic E-state index is 12.2. The van der Waals surface area contributed by atoms with Crippen molar-refractivity contribution in [3.05, 3.63) is 59.7 Å². The fourth-order valence-electron chi connectivity index (χ4n) is 2.24. The van der Waals surface area contributed by atoms with E-state index in [9.17, 15) is 9.90 Å². The zero-order valence-corrected chi connectivity index (χ0v) is 15.8. The Morgan fingerprint density at radius 1 is 1.32 bits per heavy atom. The van der Waals surface area contributed by atoms with Gasteiger partial charge >= 0.3 is 0 Å². The van der Waals surface area contributed by atoms with Crippen molar-refractivity contribution in [1.82, 2.24) is 14.9 Å². The van der Waals surface area contributed by atoms with Gasteiger partial charge in [-0.2, -0.15) is 5.10 Å². The minimum atomic E-state index is -0.0274. The quantitative estimate of drug-likeness (QED) is 0.173. The summed E-state index contributed by atoms with van der Waals surface area (Å²) >= 11 is 1.18. The third-order valence-electron chi connectivity index (χ3n) is 3.67. The number of anilines is 1. The first-order valence-corrected chi connectivity index (χ1v) is 9.14. The number of hydrogen-bond acceptors (Lipinski definition) is 9. The van der Waals surface area contributed by atoms with Gasteiger partial charge < -0.3 is 15.7 Å². The van der Waals surface area contributed by atoms with Crippen LogP contribution in [0.2, 0.25) is 0 Å². The molecule has 0 saturated carbocycles. The van der Waals surface area contributed by atoms with E-state index in [2.05, 4.69) is 20.7 Å². The minimum absolute atomic E-state index is 0.00945. The molecular weight excluding hydrogens is 380 g/mol. The number of aromatic hydroxyl groups is 1. The zero-order valence-electron chi connectivity index (χ0n) is 14.9. The molecule has 0 aliphatic heterocycles. The number of ether oxygens (including phenoxy) is 1. The molecule has 0 bridgehead atoms. The van der Waals surface area contributed by atoms with Crippen LogP contribution in [0.4, 0.5) is 5.95 Å². The van der Waals surface area contributed by atoms with Gasteiger partial charge in [-0.15, -0.1) is 10.2 Å². The Hall–Kier alpha value is -3.53. The van der Waals surface area contributed by atoms with Crippen LogP contribution in [0.25, 0.3) is 0 Å². The normalized spacial score (nSPS) is 10.9. The molecule has 3 aromatic rings. The molecule has 3 rings (SSSR count). The number of phenols is 1. The van der Waals surface area contributed by atoms with Crippen LogP contribution in [-0.4, -0.2) is 44.8 Å². The number of rotatable bonds is 8. The van der Waals surface area contributed by atoms with Crippen LogP contribution in [0.3, 0.4) is 0 Å². The van der Waals surface area contributed by atoms with Crippen molar-refractivity contribution in [3.63, 3.8) is 0 Å². The molecule has 144 valence electrons. The Morgan fingerprint density at radius 3 is 2.82 bits per heavy atom. The highest BCUT2D eigenvalue weighted by molar-refractivity contribution is 7.99. The number of ketones is 1. The van der Waals surface area contributed by atoms with Gasteiger partial charge in [0.05, 0.1) is 19.1 Å². The summed E-state index contributed by atoms with van der Waals surface area (Å²) in [7, 11) is 1.47. The van der Waals surface area contributed by atoms with Gasteiger partial charge in [0.15, 0.2) is 17.3 Å². The number of phenolic OH excluding ortho intramolecular Hbond substituents is 1. The number of carbonyl (C=O) groups is 1. The maximum atomic E-state index is 12.2. The largest absolute Gasteiger partial charge is 0.504 e. The van der Waals surface area contributed by atoms with Crippen LogP contribution in [-0.2, 0) is 0 Å². The van der Waals surface area contributed by atoms with Gasteiger partial charge in [0.1, 0.15) is 0 Å². The molecule has 1 heterocycles. The Labute approximate surface area is 165 Å². The number of nitrogens with one attached hydrogen (secondary N) is 1. The highest BCUT2D eigenvalue weighted by Crippen LogP contribution is 2.25. The highest BCUT2D eigenvalue weighted by atomic mass is 32.2. The van der Waals surface area contributed by atoms with Crippen molar-refractivity contribution in [2.75, 3.05) is 24.1 Å². The second-order valence-electron chi connectivity index (χ2n) is 5.56. The van der Waals surface area contributed by atoms with Gasteiger partial charge in [-0.25, -0.2) is 10.1 Å². The summed E-state index contributed by atoms with van der Waals surface area (Å²) in [4.78, 5) is 12.2. The van der Waals surface area contributed by atoms with Crippen LogP contribution >= 0.6 is 11.8 Å². The summed E-state index contributed by atoms with van der Waals surface area (Å²) < 4.78 is 6.20. The first-order valence-electron chi connectivity index (χ1n) is 8.16. The number of nitrogens with zero attached hydrogens (tertiary/aromatic N) is 4. The summed E-state index contributed by atoms with van der Waals surface area (Å²) in [6.45, 7) is 0. The number of nitrogen functional groups attached to an aromatic ring is 1. The maximum Gasteiger partial charge on any atom is 0.264 e. The molecule has 9 nitrogen and oxygen atoms in total. The van der Waals surface area contributed by atoms with E-state index in [-0.39, 0.29) is 23.2 Å². The summed E-state index contributed by atoms with van der Waals surface area (Å²) in [5, 5.41) is 22.0. The minimum Gasteiger partial charge on any atom is -0.504 e. The van der Waals surface area contributed by atoms with E-state index in [4.69, 9.17) is 10.6 Å². The molecule has 28 heavy (non-hydrogen) atoms. The van der Waals surface area contributed by atoms with Crippen molar-refractivity contribution in [2.45, 2.75) is 5.16 Å². The molecule has 0 saturated heterocycles. The number of carbonyl (C=O) groups excluding carboxylic acids is 1. The first kappa shape index (κ1) is 19.2. The number of Topliss-reactive ketones (excluding diaryl/α,β-unsaturated/α-hetero) is 1. The molecule has 1 aromatic heterocycles. The predicted octanol–water partition coefficient (Wildman–Crippen LogP) is 2.13. The molecule has 0 fully saturated rings. The number of hydrazone groups is 1. The third-order valence-corrected chi connectivity index (χ3v) is 4.62. The molecule has 0 unspecified atom stereocenters. The molecule has 0 aliphatic rings. The van der Waals surface area contributed by atoms with Crippen molar-refractivity contribution < 1.29 is 14.6 Å². The predicted molar refractivity (Wildman–Crippen MR) is 108 cm³/mol. The number of methoxy groups -OCH3 is 1. The average molecular weight is 398 g/mol. The summed E-state index contributed by atoms with van der Waals surface area (Å²) in [5.41, 5.74) is 3.95. The molecule has 0 aliphatic carbocycles. The van der Waals surface area contributed by atoms with Crippen LogP contribution in [0.15, 0.2) is 58.8 Å². The van der Waals surface area contributed by atoms with Gasteiger partial charge in [0, 0.05) is 5.56 Å². The lowest BCUT2D eigenvalue weighted by Crippen LogP contribution is -2.14. The summed E-state index contributed by atoms with van der Waals surface area (Å²) in [6.07, 6.45) is 1.49. The number of hydrogen-bond donors (Lipinski definition) is 3. The molecule has 0 radical (unpaired) electrons. The van der Waals surface area contributed by atoms with Crippen LogP contribution in [0.5, 0.6) is 11.5 Å². The van der Waals surface area contributed by atoms with Gasteiger partial charge in [-0.3, -0.25) is 4.79 Å². The van der Waals surface area contributed by atoms with Crippen LogP contribution in [0.1, 0.15) is 15.9 Å². The molecule has 10 heteroatoms. The van der Waals surface area contributed by atoms with Crippen molar-refractivity contribution in [2.24, 2.45) is 5.10 Å². The fraction of sp³-hybridized carbons (Fsp3) is 0.111. The standard InChI is InChI=1S/C18H18N6O3S/c1-27-16-8-7-12(9-14(16)25)10-20-21-17-22-23-18(24(17)19)28-11-15(26)13-5-3-2-4-6-13/h2-10,25H,11,19H2,1H3,(H,21,22)/b20-10+. The molecule has 2 aromatic carbocycles. The number of nitrogens with two attached hydrogens (primary N) is 1. The van der Waals surface area contributed by atoms with E-state index >= 15 is 0 Å². The van der Waals surface area contributed by atoms with Crippen molar-refractivity contribution in [1.29, 1.82) is 0 Å². The van der Waals surface area contributed by atoms with E-state index in [0.717, 1.165) is 0 Å². The SMILES string of the molecule is COc1ccc(/C=N/Nc2nnc(SCC(=O)c3ccccc3)n2N)cc1O. The number of aromatic nitrogens is 3. The molecule has 0 spiro atoms. The lowest BCUT2D eigenvalue weighted by Gasteiger charge is -2.04. The van der Waals surface area contributed by atoms with Gasteiger partial charge in [0.25, 0.3) is 5.95 Å². The average Bonchev–Trinajstić information content (AvgIpc) is 3.06. The van der Waals surface area contributed by atoms with Crippen LogP contribution in [0, 0.1) is 0 Å². The van der Waals surface area contributed by atoms with Crippen molar-refractivity contribution >= 4 is 29.7 Å². The molecular formula is C18H18N6O3S. The van der Waals surface area contributed by atoms with E-state index in [1.54, 1.807) is 24.3 Å². The fourth-order valence-corrected chi connectivity index (χ4v) is 2.99. The van der Waals surface area contributed by atoms with Crippen LogP contribution < -0.4 is 16.0 Å². The number of thioether (sulfide) groups is 1. The Morgan fingerprint density at radius 2 is 2.11 bits per heavy atom. The monoisotopic (exact) mass is 398 g/mol. The Bertz CT molecular complexity index is 990. The van der Waals surface area contributed by atoms with Gasteiger partial charge in [-0.1, -0.05) is 42.1 Å². The van der Waals surface area contributed by atoms with E-state index in [0.29, 0.717) is 22.0 Å². The smallest absolute Gasteiger partial charge is 0.264 e. The number of benzene rings is 2. The topological polar surface area (TPSA) is 128 Å². The van der Waals surface area contributed by atoms with E-state index in [1.165, 1.54) is 35.8 Å². The zero-order chi connectivity index (χ0) is 19.9. The molecule has 0 amide bonds. The van der Waals surface area contributed by atoms with Gasteiger partial charge in [0.2, 0.25) is 5.16 Å². The Balaban J connectivity index is 1.58. The molecule has 4 N–H and O–H groups in total. The van der Waals surface area contributed by atoms with E-state index in [1.807, 2.05) is 18.2 Å². The lowest BCUT2D eigenvalue weighted by molar-refractivity contribution is 0.102. The Kier molecular flexibility index (Phi) is 6.12. The highest BCUT2D eigenvalue weighted by Gasteiger charge is 2.13. The summed E-state index contributed by atoms with van der Waals surface area (Å²) in [6, 6.07) is 13.9. The lowest BCUT2D eigenvalue weighted by atomic mass is 10.2. The van der Waals surface area contributed by atoms with Crippen molar-refractivity contribution in [3.8, 4) is 11.5 Å². The second kappa shape index (κ2) is 8.91. The summed E-state index contributed by atoms with van der Waals surface area (Å²) in [5.74, 6) is 6.69. The van der Waals surface area contributed by atoms with Gasteiger partial charge in [-0.05, 0) is 23.8 Å². The molecule has 0 atom stereocenters.